The van der Waals surface area contributed by atoms with Gasteiger partial charge in [-0.15, -0.1) is 0 Å². The van der Waals surface area contributed by atoms with Crippen LogP contribution in [0.25, 0.3) is 33.3 Å². The number of oxazole rings is 1. The van der Waals surface area contributed by atoms with Crippen molar-refractivity contribution in [3.8, 4) is 17.2 Å². The van der Waals surface area contributed by atoms with Crippen molar-refractivity contribution in [2.75, 3.05) is 0 Å². The first-order chi connectivity index (χ1) is 14.2. The van der Waals surface area contributed by atoms with Crippen molar-refractivity contribution in [1.29, 1.82) is 0 Å². The SMILES string of the molecule is Oc1ccc2ccccc2c1C=Nc1ccc2oc(-c3ccccc3Br)nc2c1. The second kappa shape index (κ2) is 7.18. The van der Waals surface area contributed by atoms with E-state index in [1.54, 1.807) is 12.3 Å². The van der Waals surface area contributed by atoms with Gasteiger partial charge in [0.2, 0.25) is 5.89 Å². The van der Waals surface area contributed by atoms with Crippen LogP contribution in [-0.2, 0) is 0 Å². The molecule has 4 nitrogen and oxygen atoms in total. The summed E-state index contributed by atoms with van der Waals surface area (Å²) in [6.45, 7) is 0. The smallest absolute Gasteiger partial charge is 0.228 e. The van der Waals surface area contributed by atoms with Gasteiger partial charge >= 0.3 is 0 Å². The topological polar surface area (TPSA) is 58.6 Å². The Kier molecular flexibility index (Phi) is 4.37. The minimum Gasteiger partial charge on any atom is -0.507 e. The number of halogens is 1. The minimum absolute atomic E-state index is 0.200. The van der Waals surface area contributed by atoms with Crippen LogP contribution in [-0.4, -0.2) is 16.3 Å². The van der Waals surface area contributed by atoms with Crippen molar-refractivity contribution in [2.24, 2.45) is 4.99 Å². The molecule has 0 unspecified atom stereocenters. The van der Waals surface area contributed by atoms with Gasteiger partial charge < -0.3 is 9.52 Å². The van der Waals surface area contributed by atoms with Crippen LogP contribution < -0.4 is 0 Å². The van der Waals surface area contributed by atoms with Gasteiger partial charge in [-0.2, -0.15) is 0 Å². The summed E-state index contributed by atoms with van der Waals surface area (Å²) in [7, 11) is 0. The number of benzene rings is 4. The van der Waals surface area contributed by atoms with E-state index in [2.05, 4.69) is 25.9 Å². The molecular formula is C24H15BrN2O2. The quantitative estimate of drug-likeness (QED) is 0.310. The fourth-order valence-corrected chi connectivity index (χ4v) is 3.76. The van der Waals surface area contributed by atoms with E-state index in [4.69, 9.17) is 4.42 Å². The van der Waals surface area contributed by atoms with Gasteiger partial charge in [0.15, 0.2) is 5.58 Å². The fourth-order valence-electron chi connectivity index (χ4n) is 3.30. The first-order valence-corrected chi connectivity index (χ1v) is 9.88. The Bertz CT molecular complexity index is 1390. The highest BCUT2D eigenvalue weighted by molar-refractivity contribution is 9.10. The zero-order valence-electron chi connectivity index (χ0n) is 15.2. The molecule has 1 aromatic heterocycles. The molecule has 0 radical (unpaired) electrons. The Morgan fingerprint density at radius 2 is 1.76 bits per heavy atom. The molecule has 0 atom stereocenters. The number of phenolic OH excluding ortho intramolecular Hbond substituents is 1. The van der Waals surface area contributed by atoms with Gasteiger partial charge in [-0.3, -0.25) is 4.99 Å². The lowest BCUT2D eigenvalue weighted by molar-refractivity contribution is 0.475. The molecule has 5 aromatic rings. The van der Waals surface area contributed by atoms with Crippen molar-refractivity contribution >= 4 is 49.7 Å². The lowest BCUT2D eigenvalue weighted by Crippen LogP contribution is -1.85. The van der Waals surface area contributed by atoms with E-state index in [1.807, 2.05) is 72.8 Å². The molecule has 29 heavy (non-hydrogen) atoms. The van der Waals surface area contributed by atoms with Crippen LogP contribution in [0.4, 0.5) is 5.69 Å². The molecule has 0 aliphatic heterocycles. The van der Waals surface area contributed by atoms with Gasteiger partial charge in [-0.25, -0.2) is 4.98 Å². The van der Waals surface area contributed by atoms with Gasteiger partial charge in [0.25, 0.3) is 0 Å². The third-order valence-corrected chi connectivity index (χ3v) is 5.46. The van der Waals surface area contributed by atoms with Crippen LogP contribution in [0, 0.1) is 0 Å². The van der Waals surface area contributed by atoms with Crippen LogP contribution in [0.2, 0.25) is 0 Å². The predicted molar refractivity (Wildman–Crippen MR) is 120 cm³/mol. The molecule has 0 aliphatic carbocycles. The zero-order valence-corrected chi connectivity index (χ0v) is 16.8. The van der Waals surface area contributed by atoms with Crippen LogP contribution >= 0.6 is 15.9 Å². The molecule has 0 spiro atoms. The van der Waals surface area contributed by atoms with Crippen molar-refractivity contribution in [3.05, 3.63) is 88.9 Å². The van der Waals surface area contributed by atoms with E-state index in [0.717, 1.165) is 32.0 Å². The van der Waals surface area contributed by atoms with E-state index >= 15 is 0 Å². The summed E-state index contributed by atoms with van der Waals surface area (Å²) < 4.78 is 6.82. The number of rotatable bonds is 3. The molecule has 0 saturated carbocycles. The molecule has 0 amide bonds. The summed E-state index contributed by atoms with van der Waals surface area (Å²) in [6, 6.07) is 24.9. The number of fused-ring (bicyclic) bond motifs is 2. The average Bonchev–Trinajstić information content (AvgIpc) is 3.16. The van der Waals surface area contributed by atoms with Crippen molar-refractivity contribution in [3.63, 3.8) is 0 Å². The van der Waals surface area contributed by atoms with Crippen molar-refractivity contribution in [2.45, 2.75) is 0 Å². The van der Waals surface area contributed by atoms with E-state index < -0.39 is 0 Å². The number of nitrogens with zero attached hydrogens (tertiary/aromatic N) is 2. The fraction of sp³-hybridized carbons (Fsp3) is 0. The summed E-state index contributed by atoms with van der Waals surface area (Å²) in [5.74, 6) is 0.756. The summed E-state index contributed by atoms with van der Waals surface area (Å²) in [6.07, 6.45) is 1.69. The number of aromatic nitrogens is 1. The number of aromatic hydroxyl groups is 1. The third kappa shape index (κ3) is 3.30. The third-order valence-electron chi connectivity index (χ3n) is 4.77. The average molecular weight is 443 g/mol. The van der Waals surface area contributed by atoms with Gasteiger partial charge in [-0.1, -0.05) is 42.5 Å². The lowest BCUT2D eigenvalue weighted by atomic mass is 10.0. The van der Waals surface area contributed by atoms with E-state index in [1.165, 1.54) is 0 Å². The number of hydrogen-bond acceptors (Lipinski definition) is 4. The van der Waals surface area contributed by atoms with Gasteiger partial charge in [0, 0.05) is 16.3 Å². The summed E-state index contributed by atoms with van der Waals surface area (Å²) in [5, 5.41) is 12.3. The molecule has 0 saturated heterocycles. The first-order valence-electron chi connectivity index (χ1n) is 9.09. The molecule has 0 fully saturated rings. The highest BCUT2D eigenvalue weighted by Crippen LogP contribution is 2.32. The second-order valence-electron chi connectivity index (χ2n) is 6.63. The zero-order chi connectivity index (χ0) is 19.8. The Balaban J connectivity index is 1.54. The second-order valence-corrected chi connectivity index (χ2v) is 7.48. The Morgan fingerprint density at radius 1 is 0.931 bits per heavy atom. The van der Waals surface area contributed by atoms with Crippen molar-refractivity contribution in [1.82, 2.24) is 4.98 Å². The molecule has 1 heterocycles. The minimum atomic E-state index is 0.200. The normalized spacial score (nSPS) is 11.6. The highest BCUT2D eigenvalue weighted by Gasteiger charge is 2.11. The van der Waals surface area contributed by atoms with Gasteiger partial charge in [-0.05, 0) is 63.1 Å². The number of aliphatic imine (C=N–C) groups is 1. The van der Waals surface area contributed by atoms with Crippen LogP contribution in [0.3, 0.4) is 0 Å². The summed E-state index contributed by atoms with van der Waals surface area (Å²) in [4.78, 5) is 9.17. The maximum atomic E-state index is 10.3. The number of phenols is 1. The first kappa shape index (κ1) is 17.6. The van der Waals surface area contributed by atoms with Gasteiger partial charge in [0.05, 0.1) is 11.3 Å². The molecule has 0 bridgehead atoms. The highest BCUT2D eigenvalue weighted by atomic mass is 79.9. The Hall–Kier alpha value is -3.44. The molecule has 5 rings (SSSR count). The predicted octanol–water partition coefficient (Wildman–Crippen LogP) is 6.87. The maximum Gasteiger partial charge on any atom is 0.228 e. The largest absolute Gasteiger partial charge is 0.507 e. The summed E-state index contributed by atoms with van der Waals surface area (Å²) >= 11 is 3.53. The summed E-state index contributed by atoms with van der Waals surface area (Å²) in [5.41, 5.74) is 3.75. The monoisotopic (exact) mass is 442 g/mol. The van der Waals surface area contributed by atoms with Crippen LogP contribution in [0.15, 0.2) is 92.7 Å². The molecule has 4 aromatic carbocycles. The Labute approximate surface area is 175 Å². The molecule has 1 N–H and O–H groups in total. The Morgan fingerprint density at radius 3 is 2.66 bits per heavy atom. The number of hydrogen-bond donors (Lipinski definition) is 1. The maximum absolute atomic E-state index is 10.3. The van der Waals surface area contributed by atoms with Crippen LogP contribution in [0.5, 0.6) is 5.75 Å². The van der Waals surface area contributed by atoms with Gasteiger partial charge in [0.1, 0.15) is 11.3 Å². The molecule has 5 heteroatoms. The van der Waals surface area contributed by atoms with Crippen LogP contribution in [0.1, 0.15) is 5.56 Å². The molecular weight excluding hydrogens is 428 g/mol. The molecule has 140 valence electrons. The lowest BCUT2D eigenvalue weighted by Gasteiger charge is -2.04. The van der Waals surface area contributed by atoms with E-state index in [-0.39, 0.29) is 5.75 Å². The molecule has 0 aliphatic rings. The van der Waals surface area contributed by atoms with E-state index in [0.29, 0.717) is 17.0 Å². The van der Waals surface area contributed by atoms with Crippen molar-refractivity contribution < 1.29 is 9.52 Å². The standard InChI is InChI=1S/C24H15BrN2O2/c25-20-8-4-3-7-18(20)24-27-21-13-16(10-12-23(21)29-24)26-14-19-17-6-2-1-5-15(17)9-11-22(19)28/h1-14,28H. The van der Waals surface area contributed by atoms with E-state index in [9.17, 15) is 5.11 Å².